The summed E-state index contributed by atoms with van der Waals surface area (Å²) in [6.07, 6.45) is 0. The highest BCUT2D eigenvalue weighted by atomic mass is 16.3. The van der Waals surface area contributed by atoms with Gasteiger partial charge in [0.05, 0.1) is 0 Å². The van der Waals surface area contributed by atoms with Gasteiger partial charge < -0.3 is 9.32 Å². The molecule has 0 unspecified atom stereocenters. The molecule has 10 aromatic rings. The third kappa shape index (κ3) is 5.56. The van der Waals surface area contributed by atoms with Crippen LogP contribution >= 0.6 is 0 Å². The topological polar surface area (TPSA) is 16.4 Å². The zero-order valence-corrected chi connectivity index (χ0v) is 35.4. The lowest BCUT2D eigenvalue weighted by Gasteiger charge is -2.30. The summed E-state index contributed by atoms with van der Waals surface area (Å²) in [6.45, 7) is 9.50. The molecular formula is C60H45NO. The van der Waals surface area contributed by atoms with Crippen molar-refractivity contribution in [3.8, 4) is 55.6 Å². The van der Waals surface area contributed by atoms with E-state index < -0.39 is 0 Å². The Morgan fingerprint density at radius 1 is 0.306 bits per heavy atom. The zero-order valence-electron chi connectivity index (χ0n) is 35.4. The average molecular weight is 796 g/mol. The number of hydrogen-bond acceptors (Lipinski definition) is 2. The van der Waals surface area contributed by atoms with E-state index in [4.69, 9.17) is 4.42 Å². The van der Waals surface area contributed by atoms with E-state index in [0.29, 0.717) is 0 Å². The molecule has 296 valence electrons. The lowest BCUT2D eigenvalue weighted by atomic mass is 9.81. The Labute approximate surface area is 363 Å². The van der Waals surface area contributed by atoms with Gasteiger partial charge in [0.2, 0.25) is 0 Å². The van der Waals surface area contributed by atoms with Crippen molar-refractivity contribution < 1.29 is 4.42 Å². The summed E-state index contributed by atoms with van der Waals surface area (Å²) in [5.74, 6) is 0. The molecule has 0 N–H and O–H groups in total. The van der Waals surface area contributed by atoms with Crippen LogP contribution in [0, 0.1) is 0 Å². The predicted octanol–water partition coefficient (Wildman–Crippen LogP) is 16.7. The molecule has 0 spiro atoms. The van der Waals surface area contributed by atoms with Gasteiger partial charge in [-0.05, 0) is 145 Å². The van der Waals surface area contributed by atoms with Crippen molar-refractivity contribution in [2.24, 2.45) is 0 Å². The molecule has 1 heterocycles. The number of hydrogen-bond donors (Lipinski definition) is 0. The Morgan fingerprint density at radius 3 is 1.50 bits per heavy atom. The number of benzene rings is 9. The van der Waals surface area contributed by atoms with E-state index in [1.807, 2.05) is 12.1 Å². The molecule has 9 aromatic carbocycles. The summed E-state index contributed by atoms with van der Waals surface area (Å²) < 4.78 is 6.18. The van der Waals surface area contributed by atoms with Crippen LogP contribution in [0.3, 0.4) is 0 Å². The lowest BCUT2D eigenvalue weighted by Crippen LogP contribution is -2.18. The van der Waals surface area contributed by atoms with Crippen molar-refractivity contribution in [2.75, 3.05) is 4.90 Å². The first-order valence-electron chi connectivity index (χ1n) is 21.7. The van der Waals surface area contributed by atoms with E-state index in [9.17, 15) is 0 Å². The van der Waals surface area contributed by atoms with Crippen LogP contribution in [-0.4, -0.2) is 0 Å². The van der Waals surface area contributed by atoms with Crippen molar-refractivity contribution in [1.82, 2.24) is 0 Å². The van der Waals surface area contributed by atoms with Gasteiger partial charge in [0, 0.05) is 38.7 Å². The predicted molar refractivity (Wildman–Crippen MR) is 260 cm³/mol. The Hall–Kier alpha value is -7.42. The molecule has 62 heavy (non-hydrogen) atoms. The molecule has 0 atom stereocenters. The van der Waals surface area contributed by atoms with Crippen molar-refractivity contribution in [1.29, 1.82) is 0 Å². The third-order valence-corrected chi connectivity index (χ3v) is 13.9. The van der Waals surface area contributed by atoms with Crippen LogP contribution in [-0.2, 0) is 10.8 Å². The van der Waals surface area contributed by atoms with E-state index in [0.717, 1.165) is 39.0 Å². The molecule has 0 saturated carbocycles. The summed E-state index contributed by atoms with van der Waals surface area (Å²) in [5.41, 5.74) is 22.9. The highest BCUT2D eigenvalue weighted by molar-refractivity contribution is 6.06. The van der Waals surface area contributed by atoms with E-state index in [-0.39, 0.29) is 10.8 Å². The van der Waals surface area contributed by atoms with Crippen LogP contribution < -0.4 is 4.90 Å². The highest BCUT2D eigenvalue weighted by Gasteiger charge is 2.38. The van der Waals surface area contributed by atoms with Gasteiger partial charge in [-0.2, -0.15) is 0 Å². The smallest absolute Gasteiger partial charge is 0.135 e. The third-order valence-electron chi connectivity index (χ3n) is 13.9. The second-order valence-corrected chi connectivity index (χ2v) is 18.2. The molecule has 0 radical (unpaired) electrons. The number of nitrogens with zero attached hydrogens (tertiary/aromatic N) is 1. The average Bonchev–Trinajstić information content (AvgIpc) is 3.88. The summed E-state index contributed by atoms with van der Waals surface area (Å²) in [4.78, 5) is 2.46. The van der Waals surface area contributed by atoms with Gasteiger partial charge in [0.15, 0.2) is 0 Å². The molecule has 1 aromatic heterocycles. The Morgan fingerprint density at radius 2 is 0.774 bits per heavy atom. The van der Waals surface area contributed by atoms with E-state index in [1.54, 1.807) is 0 Å². The van der Waals surface area contributed by atoms with Crippen LogP contribution in [0.25, 0.3) is 77.6 Å². The van der Waals surface area contributed by atoms with Gasteiger partial charge in [0.1, 0.15) is 11.2 Å². The summed E-state index contributed by atoms with van der Waals surface area (Å²) >= 11 is 0. The molecule has 2 heteroatoms. The number of rotatable bonds is 6. The van der Waals surface area contributed by atoms with E-state index in [1.165, 1.54) is 77.9 Å². The number of anilines is 3. The number of fused-ring (bicyclic) bond motifs is 9. The minimum atomic E-state index is -0.218. The standard InChI is InChI=1S/C60H45NO/c1-59(2)53-19-10-8-17-47(53)49-30-27-45(36-55(49)59)61(44-25-21-39(22-26-44)41-16-12-15-40(33-41)38-13-6-5-7-14-38)46-28-31-50-48-29-23-43(35-54(48)60(3,4)56(50)37-46)42-24-32-58-52(34-42)51-18-9-11-20-57(51)62-58/h5-37H,1-4H3. The maximum atomic E-state index is 6.18. The van der Waals surface area contributed by atoms with Gasteiger partial charge in [-0.3, -0.25) is 0 Å². The maximum Gasteiger partial charge on any atom is 0.135 e. The highest BCUT2D eigenvalue weighted by Crippen LogP contribution is 2.54. The first-order chi connectivity index (χ1) is 30.2. The molecular weight excluding hydrogens is 751 g/mol. The second-order valence-electron chi connectivity index (χ2n) is 18.2. The monoisotopic (exact) mass is 795 g/mol. The van der Waals surface area contributed by atoms with Gasteiger partial charge in [-0.25, -0.2) is 0 Å². The van der Waals surface area contributed by atoms with Gasteiger partial charge >= 0.3 is 0 Å². The van der Waals surface area contributed by atoms with Crippen LogP contribution in [0.4, 0.5) is 17.1 Å². The van der Waals surface area contributed by atoms with Crippen LogP contribution in [0.15, 0.2) is 205 Å². The lowest BCUT2D eigenvalue weighted by molar-refractivity contribution is 0.660. The molecule has 0 amide bonds. The fraction of sp³-hybridized carbons (Fsp3) is 0.100. The first kappa shape index (κ1) is 36.4. The maximum absolute atomic E-state index is 6.18. The van der Waals surface area contributed by atoms with Crippen molar-refractivity contribution >= 4 is 39.0 Å². The van der Waals surface area contributed by atoms with Crippen LogP contribution in [0.1, 0.15) is 49.9 Å². The largest absolute Gasteiger partial charge is 0.456 e. The Kier molecular flexibility index (Phi) is 7.96. The molecule has 0 fully saturated rings. The molecule has 2 nitrogen and oxygen atoms in total. The first-order valence-corrected chi connectivity index (χ1v) is 21.7. The summed E-state index contributed by atoms with van der Waals surface area (Å²) in [6, 6.07) is 73.7. The fourth-order valence-corrected chi connectivity index (χ4v) is 10.5. The SMILES string of the molecule is CC1(C)c2ccccc2-c2ccc(N(c3ccc(-c4cccc(-c5ccccc5)c4)cc3)c3ccc4c(c3)C(C)(C)c3cc(-c5ccc6oc7ccccc7c6c5)ccc3-4)cc21. The molecule has 2 aliphatic carbocycles. The second kappa shape index (κ2) is 13.5. The number of furan rings is 1. The minimum absolute atomic E-state index is 0.115. The minimum Gasteiger partial charge on any atom is -0.456 e. The van der Waals surface area contributed by atoms with Crippen LogP contribution in [0.5, 0.6) is 0 Å². The van der Waals surface area contributed by atoms with Crippen LogP contribution in [0.2, 0.25) is 0 Å². The van der Waals surface area contributed by atoms with E-state index >= 15 is 0 Å². The zero-order chi connectivity index (χ0) is 41.7. The summed E-state index contributed by atoms with van der Waals surface area (Å²) in [5, 5.41) is 2.30. The van der Waals surface area contributed by atoms with Gasteiger partial charge in [-0.1, -0.05) is 161 Å². The quantitative estimate of drug-likeness (QED) is 0.167. The summed E-state index contributed by atoms with van der Waals surface area (Å²) in [7, 11) is 0. The van der Waals surface area contributed by atoms with Crippen molar-refractivity contribution in [3.05, 3.63) is 222 Å². The normalized spacial score (nSPS) is 14.1. The van der Waals surface area contributed by atoms with E-state index in [2.05, 4.69) is 221 Å². The van der Waals surface area contributed by atoms with Gasteiger partial charge in [-0.15, -0.1) is 0 Å². The number of para-hydroxylation sites is 1. The molecule has 0 bridgehead atoms. The molecule has 2 aliphatic rings. The molecule has 0 saturated heterocycles. The molecule has 12 rings (SSSR count). The molecule has 0 aliphatic heterocycles. The van der Waals surface area contributed by atoms with Crippen molar-refractivity contribution in [2.45, 2.75) is 38.5 Å². The fourth-order valence-electron chi connectivity index (χ4n) is 10.5. The van der Waals surface area contributed by atoms with Crippen molar-refractivity contribution in [3.63, 3.8) is 0 Å². The van der Waals surface area contributed by atoms with Gasteiger partial charge in [0.25, 0.3) is 0 Å². The Balaban J connectivity index is 0.954. The Bertz CT molecular complexity index is 3400.